The molecule has 3 aromatic rings. The Bertz CT molecular complexity index is 1040. The molecular formula is C25H31N5O. The molecule has 1 saturated heterocycles. The van der Waals surface area contributed by atoms with Gasteiger partial charge >= 0.3 is 0 Å². The number of rotatable bonds is 8. The van der Waals surface area contributed by atoms with Crippen LogP contribution in [0.25, 0.3) is 16.6 Å². The number of hydrogen-bond donors (Lipinski definition) is 2. The third-order valence-electron chi connectivity index (χ3n) is 6.12. The number of benzene rings is 1. The molecule has 6 nitrogen and oxygen atoms in total. The van der Waals surface area contributed by atoms with E-state index in [9.17, 15) is 0 Å². The van der Waals surface area contributed by atoms with Crippen LogP contribution in [0.15, 0.2) is 60.9 Å². The molecule has 1 aliphatic rings. The Balaban J connectivity index is 1.32. The second-order valence-electron chi connectivity index (χ2n) is 8.28. The summed E-state index contributed by atoms with van der Waals surface area (Å²) in [5.41, 5.74) is 10.3. The quantitative estimate of drug-likeness (QED) is 0.537. The molecule has 2 atom stereocenters. The minimum atomic E-state index is 0.408. The normalized spacial score (nSPS) is 20.2. The maximum absolute atomic E-state index is 7.47. The van der Waals surface area contributed by atoms with Crippen LogP contribution < -0.4 is 5.73 Å². The molecule has 0 aliphatic carbocycles. The maximum Gasteiger partial charge on any atom is 0.0888 e. The Hall–Kier alpha value is -2.96. The summed E-state index contributed by atoms with van der Waals surface area (Å²) in [7, 11) is 0. The van der Waals surface area contributed by atoms with Crippen molar-refractivity contribution in [3.63, 3.8) is 0 Å². The summed E-state index contributed by atoms with van der Waals surface area (Å²) < 4.78 is 2.30. The summed E-state index contributed by atoms with van der Waals surface area (Å²) in [6.45, 7) is 4.93. The van der Waals surface area contributed by atoms with Crippen molar-refractivity contribution in [1.29, 1.82) is 5.41 Å². The molecule has 0 bridgehead atoms. The zero-order valence-electron chi connectivity index (χ0n) is 18.1. The van der Waals surface area contributed by atoms with Crippen molar-refractivity contribution < 1.29 is 4.84 Å². The van der Waals surface area contributed by atoms with Crippen LogP contribution in [-0.2, 0) is 17.8 Å². The third kappa shape index (κ3) is 5.03. The van der Waals surface area contributed by atoms with E-state index in [1.54, 1.807) is 0 Å². The summed E-state index contributed by atoms with van der Waals surface area (Å²) in [6.07, 6.45) is 7.96. The Labute approximate surface area is 183 Å². The molecule has 1 aromatic carbocycles. The second-order valence-corrected chi connectivity index (χ2v) is 8.28. The largest absolute Gasteiger partial charge is 0.404 e. The Morgan fingerprint density at radius 1 is 1.23 bits per heavy atom. The summed E-state index contributed by atoms with van der Waals surface area (Å²) in [6, 6.07) is 17.0. The number of fused-ring (bicyclic) bond motifs is 1. The van der Waals surface area contributed by atoms with Gasteiger partial charge in [0.05, 0.1) is 23.3 Å². The van der Waals surface area contributed by atoms with Crippen LogP contribution in [0, 0.1) is 11.3 Å². The topological polar surface area (TPSA) is 80.2 Å². The molecule has 0 radical (unpaired) electrons. The Morgan fingerprint density at radius 2 is 2.06 bits per heavy atom. The summed E-state index contributed by atoms with van der Waals surface area (Å²) in [5.74, 6) is 0.611. The Morgan fingerprint density at radius 3 is 2.81 bits per heavy atom. The lowest BCUT2D eigenvalue weighted by molar-refractivity contribution is -0.199. The molecule has 2 unspecified atom stereocenters. The van der Waals surface area contributed by atoms with Crippen LogP contribution >= 0.6 is 0 Å². The summed E-state index contributed by atoms with van der Waals surface area (Å²) in [5, 5.41) is 9.63. The fraction of sp³-hybridized carbons (Fsp3) is 0.360. The van der Waals surface area contributed by atoms with E-state index in [0.29, 0.717) is 17.5 Å². The van der Waals surface area contributed by atoms with Gasteiger partial charge in [-0.15, -0.1) is 0 Å². The average molecular weight is 418 g/mol. The van der Waals surface area contributed by atoms with E-state index in [-0.39, 0.29) is 0 Å². The van der Waals surface area contributed by atoms with Crippen molar-refractivity contribution >= 4 is 22.8 Å². The number of pyridine rings is 1. The van der Waals surface area contributed by atoms with Gasteiger partial charge in [-0.25, -0.2) is 4.98 Å². The zero-order valence-corrected chi connectivity index (χ0v) is 18.1. The van der Waals surface area contributed by atoms with Gasteiger partial charge in [0.1, 0.15) is 0 Å². The van der Waals surface area contributed by atoms with Crippen molar-refractivity contribution in [2.45, 2.75) is 38.8 Å². The average Bonchev–Trinajstić information content (AvgIpc) is 3.19. The summed E-state index contributed by atoms with van der Waals surface area (Å²) >= 11 is 0. The number of nitrogens with two attached hydrogens (primary N) is 1. The highest BCUT2D eigenvalue weighted by Gasteiger charge is 2.26. The summed E-state index contributed by atoms with van der Waals surface area (Å²) in [4.78, 5) is 10.8. The first-order valence-electron chi connectivity index (χ1n) is 11.0. The minimum absolute atomic E-state index is 0.408. The smallest absolute Gasteiger partial charge is 0.0888 e. The number of aromatic nitrogens is 2. The predicted molar refractivity (Wildman–Crippen MR) is 126 cm³/mol. The van der Waals surface area contributed by atoms with Crippen molar-refractivity contribution in [3.05, 3.63) is 72.2 Å². The fourth-order valence-electron chi connectivity index (χ4n) is 4.41. The number of nitrogens with one attached hydrogen (secondary N) is 1. The van der Waals surface area contributed by atoms with Gasteiger partial charge in [-0.1, -0.05) is 30.3 Å². The SMILES string of the molecule is CC1CC(Cn2ccc3nc(/C(C=N)=C/N)ccc32)CCN1OCCc1ccccc1. The second kappa shape index (κ2) is 9.90. The van der Waals surface area contributed by atoms with Gasteiger partial charge in [-0.3, -0.25) is 4.84 Å². The first kappa shape index (κ1) is 21.3. The predicted octanol–water partition coefficient (Wildman–Crippen LogP) is 4.26. The van der Waals surface area contributed by atoms with E-state index < -0.39 is 0 Å². The third-order valence-corrected chi connectivity index (χ3v) is 6.12. The lowest BCUT2D eigenvalue weighted by Gasteiger charge is -2.36. The van der Waals surface area contributed by atoms with Crippen LogP contribution in [0.5, 0.6) is 0 Å². The molecule has 0 amide bonds. The molecular weight excluding hydrogens is 386 g/mol. The van der Waals surface area contributed by atoms with Gasteiger partial charge in [-0.05, 0) is 55.9 Å². The van der Waals surface area contributed by atoms with Crippen molar-refractivity contribution in [2.75, 3.05) is 13.2 Å². The van der Waals surface area contributed by atoms with Gasteiger partial charge in [0.25, 0.3) is 0 Å². The first-order valence-corrected chi connectivity index (χ1v) is 11.0. The van der Waals surface area contributed by atoms with Gasteiger partial charge < -0.3 is 15.7 Å². The van der Waals surface area contributed by atoms with E-state index in [1.165, 1.54) is 18.0 Å². The van der Waals surface area contributed by atoms with Gasteiger partial charge in [0, 0.05) is 43.3 Å². The number of hydrogen-bond acceptors (Lipinski definition) is 5. The Kier molecular flexibility index (Phi) is 6.79. The molecule has 31 heavy (non-hydrogen) atoms. The van der Waals surface area contributed by atoms with Crippen LogP contribution in [-0.4, -0.2) is 40.0 Å². The fourth-order valence-corrected chi connectivity index (χ4v) is 4.41. The maximum atomic E-state index is 7.47. The van der Waals surface area contributed by atoms with Crippen molar-refractivity contribution in [3.8, 4) is 0 Å². The first-order chi connectivity index (χ1) is 15.2. The lowest BCUT2D eigenvalue weighted by Crippen LogP contribution is -2.41. The monoisotopic (exact) mass is 417 g/mol. The lowest BCUT2D eigenvalue weighted by atomic mass is 9.93. The molecule has 162 valence electrons. The molecule has 3 N–H and O–H groups in total. The highest BCUT2D eigenvalue weighted by Crippen LogP contribution is 2.27. The molecule has 6 heteroatoms. The molecule has 1 fully saturated rings. The van der Waals surface area contributed by atoms with Gasteiger partial charge in [0.2, 0.25) is 0 Å². The van der Waals surface area contributed by atoms with E-state index in [4.69, 9.17) is 16.0 Å². The zero-order chi connectivity index (χ0) is 21.6. The standard InChI is InChI=1S/C25H31N5O/c1-19-15-21(9-13-30(19)31-14-11-20-5-3-2-4-6-20)18-29-12-10-24-25(29)8-7-23(28-24)22(16-26)17-27/h2-8,10,12,16-17,19,21,26H,9,11,13-15,18,27H2,1H3/b22-17+,26-16?. The van der Waals surface area contributed by atoms with E-state index in [0.717, 1.165) is 55.7 Å². The minimum Gasteiger partial charge on any atom is -0.404 e. The van der Waals surface area contributed by atoms with Crippen LogP contribution in [0.3, 0.4) is 0 Å². The molecule has 0 saturated carbocycles. The van der Waals surface area contributed by atoms with E-state index >= 15 is 0 Å². The van der Waals surface area contributed by atoms with E-state index in [1.807, 2.05) is 18.2 Å². The molecule has 3 heterocycles. The molecule has 1 aliphatic heterocycles. The molecule has 4 rings (SSSR count). The van der Waals surface area contributed by atoms with Crippen LogP contribution in [0.2, 0.25) is 0 Å². The number of allylic oxidation sites excluding steroid dienone is 1. The van der Waals surface area contributed by atoms with Gasteiger partial charge in [0.15, 0.2) is 0 Å². The number of piperidine rings is 1. The van der Waals surface area contributed by atoms with Crippen molar-refractivity contribution in [1.82, 2.24) is 14.6 Å². The highest BCUT2D eigenvalue weighted by molar-refractivity contribution is 6.07. The highest BCUT2D eigenvalue weighted by atomic mass is 16.7. The van der Waals surface area contributed by atoms with Crippen LogP contribution in [0.4, 0.5) is 0 Å². The van der Waals surface area contributed by atoms with Crippen molar-refractivity contribution in [2.24, 2.45) is 11.7 Å². The number of hydroxylamine groups is 2. The molecule has 2 aromatic heterocycles. The number of nitrogens with zero attached hydrogens (tertiary/aromatic N) is 3. The van der Waals surface area contributed by atoms with Crippen LogP contribution in [0.1, 0.15) is 31.0 Å². The van der Waals surface area contributed by atoms with Gasteiger partial charge in [-0.2, -0.15) is 5.06 Å². The van der Waals surface area contributed by atoms with E-state index in [2.05, 4.69) is 58.1 Å². The molecule has 0 spiro atoms.